The molecule has 0 aliphatic carbocycles. The standard InChI is InChI=1S/C11H11NO3/c1-5-3-8-7(10(13)6(5)2)4-9(12-8)11(14)15/h3-4,12-13H,1-2H3,(H,14,15). The Kier molecular flexibility index (Phi) is 1.93. The first-order valence-corrected chi connectivity index (χ1v) is 4.56. The number of benzene rings is 1. The lowest BCUT2D eigenvalue weighted by Gasteiger charge is -2.03. The summed E-state index contributed by atoms with van der Waals surface area (Å²) in [5, 5.41) is 19.2. The first-order valence-electron chi connectivity index (χ1n) is 4.56. The van der Waals surface area contributed by atoms with Crippen molar-refractivity contribution in [1.82, 2.24) is 4.98 Å². The highest BCUT2D eigenvalue weighted by atomic mass is 16.4. The lowest BCUT2D eigenvalue weighted by molar-refractivity contribution is 0.0691. The predicted octanol–water partition coefficient (Wildman–Crippen LogP) is 2.19. The van der Waals surface area contributed by atoms with E-state index in [1.54, 1.807) is 6.92 Å². The van der Waals surface area contributed by atoms with Gasteiger partial charge in [0.25, 0.3) is 0 Å². The normalized spacial score (nSPS) is 10.8. The number of hydrogen-bond acceptors (Lipinski definition) is 2. The van der Waals surface area contributed by atoms with Gasteiger partial charge in [-0.05, 0) is 37.1 Å². The molecule has 78 valence electrons. The van der Waals surface area contributed by atoms with Crippen LogP contribution in [0.25, 0.3) is 10.9 Å². The molecule has 0 saturated carbocycles. The second-order valence-electron chi connectivity index (χ2n) is 3.62. The van der Waals surface area contributed by atoms with Gasteiger partial charge in [-0.15, -0.1) is 0 Å². The Balaban J connectivity index is 2.82. The number of aromatic carboxylic acids is 1. The zero-order valence-electron chi connectivity index (χ0n) is 8.46. The zero-order valence-corrected chi connectivity index (χ0v) is 8.46. The minimum absolute atomic E-state index is 0.0882. The van der Waals surface area contributed by atoms with Crippen LogP contribution in [-0.4, -0.2) is 21.2 Å². The summed E-state index contributed by atoms with van der Waals surface area (Å²) in [7, 11) is 0. The molecule has 4 nitrogen and oxygen atoms in total. The van der Waals surface area contributed by atoms with Gasteiger partial charge in [0.15, 0.2) is 0 Å². The number of fused-ring (bicyclic) bond motifs is 1. The molecule has 3 N–H and O–H groups in total. The van der Waals surface area contributed by atoms with Crippen LogP contribution in [0.15, 0.2) is 12.1 Å². The summed E-state index contributed by atoms with van der Waals surface area (Å²) in [6, 6.07) is 3.27. The first-order chi connectivity index (χ1) is 7.00. The Morgan fingerprint density at radius 3 is 2.60 bits per heavy atom. The van der Waals surface area contributed by atoms with E-state index in [0.29, 0.717) is 10.9 Å². The molecule has 2 rings (SSSR count). The molecule has 1 heterocycles. The number of phenols is 1. The van der Waals surface area contributed by atoms with Crippen LogP contribution < -0.4 is 0 Å². The third-order valence-corrected chi connectivity index (χ3v) is 2.64. The number of aromatic hydroxyl groups is 1. The fraction of sp³-hybridized carbons (Fsp3) is 0.182. The summed E-state index contributed by atoms with van der Waals surface area (Å²) in [6.07, 6.45) is 0. The number of hydrogen-bond donors (Lipinski definition) is 3. The summed E-state index contributed by atoms with van der Waals surface area (Å²) in [6.45, 7) is 3.67. The molecular weight excluding hydrogens is 194 g/mol. The molecule has 2 aromatic rings. The predicted molar refractivity (Wildman–Crippen MR) is 56.4 cm³/mol. The molecule has 15 heavy (non-hydrogen) atoms. The van der Waals surface area contributed by atoms with Gasteiger partial charge in [0.05, 0.1) is 5.52 Å². The van der Waals surface area contributed by atoms with Crippen molar-refractivity contribution in [2.24, 2.45) is 0 Å². The molecule has 0 aliphatic rings. The Hall–Kier alpha value is -1.97. The van der Waals surface area contributed by atoms with Gasteiger partial charge in [-0.25, -0.2) is 4.79 Å². The van der Waals surface area contributed by atoms with E-state index in [-0.39, 0.29) is 11.4 Å². The molecule has 0 unspecified atom stereocenters. The third kappa shape index (κ3) is 1.34. The van der Waals surface area contributed by atoms with Crippen LogP contribution in [0.3, 0.4) is 0 Å². The monoisotopic (exact) mass is 205 g/mol. The Morgan fingerprint density at radius 2 is 2.00 bits per heavy atom. The summed E-state index contributed by atoms with van der Waals surface area (Å²) >= 11 is 0. The fourth-order valence-corrected chi connectivity index (χ4v) is 1.61. The van der Waals surface area contributed by atoms with E-state index in [1.807, 2.05) is 13.0 Å². The topological polar surface area (TPSA) is 73.3 Å². The van der Waals surface area contributed by atoms with E-state index in [9.17, 15) is 9.90 Å². The molecule has 0 amide bonds. The smallest absolute Gasteiger partial charge is 0.352 e. The van der Waals surface area contributed by atoms with Crippen molar-refractivity contribution >= 4 is 16.9 Å². The molecule has 4 heteroatoms. The highest BCUT2D eigenvalue weighted by molar-refractivity contribution is 5.97. The van der Waals surface area contributed by atoms with Gasteiger partial charge in [-0.2, -0.15) is 0 Å². The van der Waals surface area contributed by atoms with E-state index in [2.05, 4.69) is 4.98 Å². The maximum Gasteiger partial charge on any atom is 0.352 e. The lowest BCUT2D eigenvalue weighted by Crippen LogP contribution is -1.94. The lowest BCUT2D eigenvalue weighted by atomic mass is 10.1. The second-order valence-corrected chi connectivity index (χ2v) is 3.62. The van der Waals surface area contributed by atoms with Crippen LogP contribution in [0.4, 0.5) is 0 Å². The number of phenolic OH excluding ortho intramolecular Hbond substituents is 1. The average molecular weight is 205 g/mol. The Morgan fingerprint density at radius 1 is 1.33 bits per heavy atom. The maximum atomic E-state index is 10.7. The van der Waals surface area contributed by atoms with Crippen molar-refractivity contribution in [3.8, 4) is 5.75 Å². The largest absolute Gasteiger partial charge is 0.507 e. The summed E-state index contributed by atoms with van der Waals surface area (Å²) in [4.78, 5) is 13.5. The molecule has 0 radical (unpaired) electrons. The van der Waals surface area contributed by atoms with E-state index >= 15 is 0 Å². The Labute approximate surface area is 86.2 Å². The molecule has 1 aromatic carbocycles. The summed E-state index contributed by atoms with van der Waals surface area (Å²) in [5.74, 6) is -0.880. The molecule has 0 fully saturated rings. The van der Waals surface area contributed by atoms with Gasteiger partial charge < -0.3 is 15.2 Å². The van der Waals surface area contributed by atoms with E-state index in [1.165, 1.54) is 6.07 Å². The summed E-state index contributed by atoms with van der Waals surface area (Å²) < 4.78 is 0. The molecule has 0 atom stereocenters. The molecule has 0 spiro atoms. The number of carboxylic acids is 1. The number of carbonyl (C=O) groups is 1. The zero-order chi connectivity index (χ0) is 11.2. The van der Waals surface area contributed by atoms with Crippen molar-refractivity contribution in [3.63, 3.8) is 0 Å². The first kappa shape index (κ1) is 9.58. The van der Waals surface area contributed by atoms with Crippen molar-refractivity contribution in [1.29, 1.82) is 0 Å². The summed E-state index contributed by atoms with van der Waals surface area (Å²) in [5.41, 5.74) is 2.44. The van der Waals surface area contributed by atoms with Crippen molar-refractivity contribution in [2.45, 2.75) is 13.8 Å². The molecular formula is C11H11NO3. The van der Waals surface area contributed by atoms with Gasteiger partial charge in [-0.3, -0.25) is 0 Å². The number of aromatic nitrogens is 1. The van der Waals surface area contributed by atoms with Gasteiger partial charge in [0.2, 0.25) is 0 Å². The van der Waals surface area contributed by atoms with Gasteiger partial charge in [0.1, 0.15) is 11.4 Å². The quantitative estimate of drug-likeness (QED) is 0.668. The Bertz CT molecular complexity index is 554. The fourth-order valence-electron chi connectivity index (χ4n) is 1.61. The molecule has 0 aliphatic heterocycles. The highest BCUT2D eigenvalue weighted by Crippen LogP contribution is 2.31. The highest BCUT2D eigenvalue weighted by Gasteiger charge is 2.12. The number of H-pyrrole nitrogens is 1. The second kappa shape index (κ2) is 3.02. The maximum absolute atomic E-state index is 10.7. The average Bonchev–Trinajstić information content (AvgIpc) is 2.58. The third-order valence-electron chi connectivity index (χ3n) is 2.64. The van der Waals surface area contributed by atoms with Gasteiger partial charge in [0, 0.05) is 5.39 Å². The van der Waals surface area contributed by atoms with Crippen LogP contribution in [0.2, 0.25) is 0 Å². The molecule has 1 aromatic heterocycles. The number of carboxylic acid groups (broad SMARTS) is 1. The van der Waals surface area contributed by atoms with Crippen LogP contribution in [0, 0.1) is 13.8 Å². The SMILES string of the molecule is Cc1cc2[nH]c(C(=O)O)cc2c(O)c1C. The molecule has 0 saturated heterocycles. The minimum Gasteiger partial charge on any atom is -0.507 e. The van der Waals surface area contributed by atoms with Crippen molar-refractivity contribution in [2.75, 3.05) is 0 Å². The van der Waals surface area contributed by atoms with Crippen molar-refractivity contribution in [3.05, 3.63) is 29.0 Å². The number of aryl methyl sites for hydroxylation is 1. The van der Waals surface area contributed by atoms with Crippen LogP contribution in [0.1, 0.15) is 21.6 Å². The van der Waals surface area contributed by atoms with E-state index in [4.69, 9.17) is 5.11 Å². The van der Waals surface area contributed by atoms with Gasteiger partial charge in [-0.1, -0.05) is 0 Å². The van der Waals surface area contributed by atoms with E-state index in [0.717, 1.165) is 11.1 Å². The number of aromatic amines is 1. The van der Waals surface area contributed by atoms with E-state index < -0.39 is 5.97 Å². The van der Waals surface area contributed by atoms with Crippen LogP contribution in [-0.2, 0) is 0 Å². The van der Waals surface area contributed by atoms with Gasteiger partial charge >= 0.3 is 5.97 Å². The number of nitrogens with one attached hydrogen (secondary N) is 1. The minimum atomic E-state index is -1.03. The van der Waals surface area contributed by atoms with Crippen molar-refractivity contribution < 1.29 is 15.0 Å². The molecule has 0 bridgehead atoms. The van der Waals surface area contributed by atoms with Crippen LogP contribution in [0.5, 0.6) is 5.75 Å². The van der Waals surface area contributed by atoms with Crippen LogP contribution >= 0.6 is 0 Å². The number of rotatable bonds is 1.